The molecule has 0 aliphatic heterocycles. The first-order valence-corrected chi connectivity index (χ1v) is 9.12. The van der Waals surface area contributed by atoms with Crippen LogP contribution >= 0.6 is 35.4 Å². The Morgan fingerprint density at radius 2 is 1.68 bits per heavy atom. The van der Waals surface area contributed by atoms with Gasteiger partial charge in [-0.25, -0.2) is 5.10 Å². The van der Waals surface area contributed by atoms with Gasteiger partial charge < -0.3 is 14.2 Å². The van der Waals surface area contributed by atoms with Crippen molar-refractivity contribution < 1.29 is 14.2 Å². The van der Waals surface area contributed by atoms with Crippen molar-refractivity contribution in [3.8, 4) is 28.6 Å². The van der Waals surface area contributed by atoms with Gasteiger partial charge in [0.25, 0.3) is 0 Å². The van der Waals surface area contributed by atoms with Gasteiger partial charge in [0, 0.05) is 11.1 Å². The topological polar surface area (TPSA) is 73.7 Å². The Balaban J connectivity index is 2.12. The van der Waals surface area contributed by atoms with Gasteiger partial charge in [-0.15, -0.1) is 0 Å². The molecule has 1 heterocycles. The molecular weight excluding hydrogens is 423 g/mol. The van der Waals surface area contributed by atoms with E-state index in [9.17, 15) is 0 Å². The van der Waals surface area contributed by atoms with Gasteiger partial charge in [-0.3, -0.25) is 0 Å². The number of ether oxygens (including phenoxy) is 3. The lowest BCUT2D eigenvalue weighted by Crippen LogP contribution is -1.99. The Hall–Kier alpha value is -2.55. The number of hydrogen-bond acceptors (Lipinski definition) is 6. The van der Waals surface area contributed by atoms with Gasteiger partial charge in [0.1, 0.15) is 0 Å². The van der Waals surface area contributed by atoms with Crippen LogP contribution in [-0.4, -0.2) is 42.4 Å². The van der Waals surface area contributed by atoms with Crippen LogP contribution in [0.3, 0.4) is 0 Å². The zero-order chi connectivity index (χ0) is 20.3. The van der Waals surface area contributed by atoms with Crippen LogP contribution in [0.4, 0.5) is 0 Å². The number of benzene rings is 2. The van der Waals surface area contributed by atoms with E-state index in [2.05, 4.69) is 15.3 Å². The lowest BCUT2D eigenvalue weighted by molar-refractivity contribution is 0.324. The molecule has 0 spiro atoms. The first-order valence-electron chi connectivity index (χ1n) is 7.96. The zero-order valence-corrected chi connectivity index (χ0v) is 17.5. The number of nitrogens with one attached hydrogen (secondary N) is 1. The van der Waals surface area contributed by atoms with Crippen molar-refractivity contribution in [2.45, 2.75) is 0 Å². The van der Waals surface area contributed by atoms with Crippen LogP contribution in [-0.2, 0) is 0 Å². The Morgan fingerprint density at radius 3 is 2.21 bits per heavy atom. The summed E-state index contributed by atoms with van der Waals surface area (Å²) in [6, 6.07) is 8.71. The summed E-state index contributed by atoms with van der Waals surface area (Å²) in [5.74, 6) is 1.88. The van der Waals surface area contributed by atoms with Crippen molar-refractivity contribution in [1.29, 1.82) is 0 Å². The van der Waals surface area contributed by atoms with E-state index in [-0.39, 0.29) is 0 Å². The van der Waals surface area contributed by atoms with E-state index in [1.165, 1.54) is 32.2 Å². The molecule has 1 N–H and O–H groups in total. The smallest absolute Gasteiger partial charge is 0.216 e. The molecule has 0 fully saturated rings. The van der Waals surface area contributed by atoms with Crippen LogP contribution in [0.2, 0.25) is 10.0 Å². The zero-order valence-electron chi connectivity index (χ0n) is 15.2. The van der Waals surface area contributed by atoms with E-state index in [1.807, 2.05) is 0 Å². The van der Waals surface area contributed by atoms with Gasteiger partial charge in [0.05, 0.1) is 37.6 Å². The number of rotatable bonds is 6. The average molecular weight is 439 g/mol. The third-order valence-electron chi connectivity index (χ3n) is 3.88. The number of halogens is 2. The maximum absolute atomic E-state index is 6.20. The van der Waals surface area contributed by atoms with Crippen molar-refractivity contribution >= 4 is 41.6 Å². The molecule has 0 radical (unpaired) electrons. The SMILES string of the molecule is COc1cc(-c2n[nH]c(=S)n2/N=C/c2c(Cl)cccc2Cl)cc(OC)c1OC. The number of aromatic amines is 1. The molecule has 10 heteroatoms. The maximum Gasteiger partial charge on any atom is 0.216 e. The molecule has 0 bridgehead atoms. The predicted octanol–water partition coefficient (Wildman–Crippen LogP) is 4.82. The molecule has 0 aliphatic carbocycles. The Kier molecular flexibility index (Phi) is 6.23. The van der Waals surface area contributed by atoms with Crippen molar-refractivity contribution in [1.82, 2.24) is 14.9 Å². The van der Waals surface area contributed by atoms with Crippen LogP contribution in [0.5, 0.6) is 17.2 Å². The molecule has 0 unspecified atom stereocenters. The van der Waals surface area contributed by atoms with Crippen LogP contribution < -0.4 is 14.2 Å². The summed E-state index contributed by atoms with van der Waals surface area (Å²) in [6.45, 7) is 0. The van der Waals surface area contributed by atoms with E-state index < -0.39 is 0 Å². The third kappa shape index (κ3) is 3.84. The molecular formula is C18H16Cl2N4O3S. The van der Waals surface area contributed by atoms with E-state index in [4.69, 9.17) is 49.6 Å². The highest BCUT2D eigenvalue weighted by atomic mass is 35.5. The fourth-order valence-electron chi connectivity index (χ4n) is 2.55. The number of H-pyrrole nitrogens is 1. The van der Waals surface area contributed by atoms with E-state index in [1.54, 1.807) is 30.3 Å². The van der Waals surface area contributed by atoms with Crippen molar-refractivity contribution in [2.24, 2.45) is 5.10 Å². The molecule has 3 aromatic rings. The Morgan fingerprint density at radius 1 is 1.07 bits per heavy atom. The van der Waals surface area contributed by atoms with E-state index >= 15 is 0 Å². The lowest BCUT2D eigenvalue weighted by atomic mass is 10.1. The van der Waals surface area contributed by atoms with Crippen LogP contribution in [0.15, 0.2) is 35.4 Å². The summed E-state index contributed by atoms with van der Waals surface area (Å²) < 4.78 is 17.9. The van der Waals surface area contributed by atoms with E-state index in [0.29, 0.717) is 49.0 Å². The van der Waals surface area contributed by atoms with Crippen LogP contribution in [0, 0.1) is 4.77 Å². The minimum Gasteiger partial charge on any atom is -0.493 e. The quantitative estimate of drug-likeness (QED) is 0.440. The molecule has 28 heavy (non-hydrogen) atoms. The molecule has 3 rings (SSSR count). The molecule has 0 saturated carbocycles. The van der Waals surface area contributed by atoms with Gasteiger partial charge >= 0.3 is 0 Å². The monoisotopic (exact) mass is 438 g/mol. The van der Waals surface area contributed by atoms with Crippen molar-refractivity contribution in [2.75, 3.05) is 21.3 Å². The summed E-state index contributed by atoms with van der Waals surface area (Å²) in [5, 5.41) is 12.3. The largest absolute Gasteiger partial charge is 0.493 e. The normalized spacial score (nSPS) is 11.0. The number of hydrogen-bond donors (Lipinski definition) is 1. The maximum atomic E-state index is 6.20. The molecule has 0 amide bonds. The molecule has 0 aliphatic rings. The van der Waals surface area contributed by atoms with Gasteiger partial charge in [0.2, 0.25) is 10.5 Å². The third-order valence-corrected chi connectivity index (χ3v) is 4.80. The van der Waals surface area contributed by atoms with Crippen molar-refractivity contribution in [3.05, 3.63) is 50.7 Å². The van der Waals surface area contributed by atoms with Gasteiger partial charge in [-0.2, -0.15) is 14.9 Å². The molecule has 2 aromatic carbocycles. The Bertz CT molecular complexity index is 1050. The molecule has 1 aromatic heterocycles. The number of methoxy groups -OCH3 is 3. The highest BCUT2D eigenvalue weighted by molar-refractivity contribution is 7.71. The summed E-state index contributed by atoms with van der Waals surface area (Å²) in [4.78, 5) is 0. The molecule has 0 saturated heterocycles. The molecule has 146 valence electrons. The fraction of sp³-hybridized carbons (Fsp3) is 0.167. The second kappa shape index (κ2) is 8.64. The summed E-state index contributed by atoms with van der Waals surface area (Å²) >= 11 is 17.7. The lowest BCUT2D eigenvalue weighted by Gasteiger charge is -2.13. The molecule has 7 nitrogen and oxygen atoms in total. The summed E-state index contributed by atoms with van der Waals surface area (Å²) in [6.07, 6.45) is 1.53. The Labute approximate surface area is 176 Å². The minimum absolute atomic E-state index is 0.295. The number of nitrogens with zero attached hydrogens (tertiary/aromatic N) is 3. The first kappa shape index (κ1) is 20.2. The predicted molar refractivity (Wildman–Crippen MR) is 112 cm³/mol. The van der Waals surface area contributed by atoms with Crippen LogP contribution in [0.1, 0.15) is 5.56 Å². The van der Waals surface area contributed by atoms with Gasteiger partial charge in [0.15, 0.2) is 17.3 Å². The highest BCUT2D eigenvalue weighted by Gasteiger charge is 2.17. The number of aromatic nitrogens is 3. The summed E-state index contributed by atoms with van der Waals surface area (Å²) in [5.41, 5.74) is 1.23. The standard InChI is InChI=1S/C18H16Cl2N4O3S/c1-25-14-7-10(8-15(26-2)16(14)27-3)17-22-23-18(28)24(17)21-9-11-12(19)5-4-6-13(11)20/h4-9H,1-3H3,(H,23,28)/b21-9+. The summed E-state index contributed by atoms with van der Waals surface area (Å²) in [7, 11) is 4.61. The van der Waals surface area contributed by atoms with Crippen molar-refractivity contribution in [3.63, 3.8) is 0 Å². The van der Waals surface area contributed by atoms with E-state index in [0.717, 1.165) is 0 Å². The molecule has 0 atom stereocenters. The first-order chi connectivity index (χ1) is 13.5. The second-order valence-corrected chi connectivity index (χ2v) is 6.66. The fourth-order valence-corrected chi connectivity index (χ4v) is 3.22. The highest BCUT2D eigenvalue weighted by Crippen LogP contribution is 2.40. The van der Waals surface area contributed by atoms with Crippen LogP contribution in [0.25, 0.3) is 11.4 Å². The van der Waals surface area contributed by atoms with Gasteiger partial charge in [-0.05, 0) is 36.5 Å². The second-order valence-electron chi connectivity index (χ2n) is 5.46. The minimum atomic E-state index is 0.295. The van der Waals surface area contributed by atoms with Gasteiger partial charge in [-0.1, -0.05) is 29.3 Å². The average Bonchev–Trinajstić information content (AvgIpc) is 3.06.